The van der Waals surface area contributed by atoms with Crippen molar-refractivity contribution in [1.29, 1.82) is 0 Å². The van der Waals surface area contributed by atoms with Crippen LogP contribution in [0.4, 0.5) is 0 Å². The van der Waals surface area contributed by atoms with Crippen molar-refractivity contribution in [2.75, 3.05) is 6.61 Å². The molecule has 0 aliphatic carbocycles. The van der Waals surface area contributed by atoms with Gasteiger partial charge in [-0.25, -0.2) is 0 Å². The highest BCUT2D eigenvalue weighted by atomic mass is 16.5. The summed E-state index contributed by atoms with van der Waals surface area (Å²) >= 11 is 0. The van der Waals surface area contributed by atoms with Gasteiger partial charge in [-0.3, -0.25) is 0 Å². The third-order valence-electron chi connectivity index (χ3n) is 1.75. The van der Waals surface area contributed by atoms with Crippen molar-refractivity contribution in [2.24, 2.45) is 0 Å². The second kappa shape index (κ2) is 4.67. The largest absolute Gasteiger partial charge is 0.496 e. The SMILES string of the molecule is C=C(OCC)[C@H](O)c1ccccc1. The molecule has 0 saturated heterocycles. The first-order valence-electron chi connectivity index (χ1n) is 4.30. The summed E-state index contributed by atoms with van der Waals surface area (Å²) in [4.78, 5) is 0. The van der Waals surface area contributed by atoms with Gasteiger partial charge in [-0.05, 0) is 12.5 Å². The molecular formula is C11H14O2. The molecule has 1 atom stereocenters. The molecule has 2 nitrogen and oxygen atoms in total. The zero-order valence-electron chi connectivity index (χ0n) is 7.73. The van der Waals surface area contributed by atoms with E-state index in [1.807, 2.05) is 37.3 Å². The van der Waals surface area contributed by atoms with E-state index < -0.39 is 6.10 Å². The first-order valence-corrected chi connectivity index (χ1v) is 4.30. The van der Waals surface area contributed by atoms with Crippen LogP contribution < -0.4 is 0 Å². The van der Waals surface area contributed by atoms with Crippen molar-refractivity contribution in [3.05, 3.63) is 48.2 Å². The molecule has 0 aliphatic rings. The zero-order chi connectivity index (χ0) is 9.68. The molecule has 0 bridgehead atoms. The third kappa shape index (κ3) is 2.60. The number of aliphatic hydroxyl groups is 1. The molecule has 1 rings (SSSR count). The van der Waals surface area contributed by atoms with Gasteiger partial charge in [0.15, 0.2) is 0 Å². The van der Waals surface area contributed by atoms with Gasteiger partial charge in [0.1, 0.15) is 11.9 Å². The second-order valence-electron chi connectivity index (χ2n) is 2.71. The molecule has 0 saturated carbocycles. The van der Waals surface area contributed by atoms with Crippen LogP contribution in [-0.4, -0.2) is 11.7 Å². The number of hydrogen-bond acceptors (Lipinski definition) is 2. The van der Waals surface area contributed by atoms with Crippen molar-refractivity contribution < 1.29 is 9.84 Å². The van der Waals surface area contributed by atoms with Crippen molar-refractivity contribution in [2.45, 2.75) is 13.0 Å². The fraction of sp³-hybridized carbons (Fsp3) is 0.273. The van der Waals surface area contributed by atoms with Crippen LogP contribution in [-0.2, 0) is 4.74 Å². The molecule has 0 radical (unpaired) electrons. The van der Waals surface area contributed by atoms with E-state index in [-0.39, 0.29) is 0 Å². The fourth-order valence-electron chi connectivity index (χ4n) is 1.09. The maximum atomic E-state index is 9.70. The molecule has 0 aromatic heterocycles. The summed E-state index contributed by atoms with van der Waals surface area (Å²) in [6.45, 7) is 6.04. The summed E-state index contributed by atoms with van der Waals surface area (Å²) in [7, 11) is 0. The van der Waals surface area contributed by atoms with E-state index in [4.69, 9.17) is 4.74 Å². The van der Waals surface area contributed by atoms with Crippen LogP contribution in [0, 0.1) is 0 Å². The Morgan fingerprint density at radius 2 is 2.08 bits per heavy atom. The van der Waals surface area contributed by atoms with E-state index in [9.17, 15) is 5.11 Å². The molecule has 0 aliphatic heterocycles. The summed E-state index contributed by atoms with van der Waals surface area (Å²) in [5.41, 5.74) is 0.806. The molecule has 1 N–H and O–H groups in total. The van der Waals surface area contributed by atoms with Crippen LogP contribution >= 0.6 is 0 Å². The molecule has 0 heterocycles. The normalized spacial score (nSPS) is 12.2. The highest BCUT2D eigenvalue weighted by molar-refractivity contribution is 5.22. The molecule has 1 aromatic rings. The van der Waals surface area contributed by atoms with Crippen LogP contribution in [0.5, 0.6) is 0 Å². The topological polar surface area (TPSA) is 29.5 Å². The highest BCUT2D eigenvalue weighted by Gasteiger charge is 2.10. The van der Waals surface area contributed by atoms with Crippen molar-refractivity contribution in [1.82, 2.24) is 0 Å². The van der Waals surface area contributed by atoms with E-state index in [0.717, 1.165) is 5.56 Å². The van der Waals surface area contributed by atoms with Gasteiger partial charge in [-0.2, -0.15) is 0 Å². The lowest BCUT2D eigenvalue weighted by Gasteiger charge is -2.13. The van der Waals surface area contributed by atoms with Gasteiger partial charge >= 0.3 is 0 Å². The van der Waals surface area contributed by atoms with Gasteiger partial charge < -0.3 is 9.84 Å². The predicted octanol–water partition coefficient (Wildman–Crippen LogP) is 2.27. The molecule has 0 spiro atoms. The van der Waals surface area contributed by atoms with Crippen LogP contribution in [0.3, 0.4) is 0 Å². The molecule has 0 fully saturated rings. The molecule has 1 aromatic carbocycles. The lowest BCUT2D eigenvalue weighted by molar-refractivity contribution is 0.110. The first kappa shape index (κ1) is 9.81. The van der Waals surface area contributed by atoms with Crippen LogP contribution in [0.1, 0.15) is 18.6 Å². The lowest BCUT2D eigenvalue weighted by atomic mass is 10.1. The Bertz CT molecular complexity index is 267. The van der Waals surface area contributed by atoms with Gasteiger partial charge in [0, 0.05) is 0 Å². The summed E-state index contributed by atoms with van der Waals surface area (Å²) in [6.07, 6.45) is -0.721. The minimum Gasteiger partial charge on any atom is -0.496 e. The standard InChI is InChI=1S/C11H14O2/c1-3-13-9(2)11(12)10-7-5-4-6-8-10/h4-8,11-12H,2-3H2,1H3/t11-/m0/s1. The van der Waals surface area contributed by atoms with Crippen molar-refractivity contribution >= 4 is 0 Å². The van der Waals surface area contributed by atoms with Crippen molar-refractivity contribution in [3.8, 4) is 0 Å². The second-order valence-corrected chi connectivity index (χ2v) is 2.71. The van der Waals surface area contributed by atoms with E-state index >= 15 is 0 Å². The Hall–Kier alpha value is -1.28. The highest BCUT2D eigenvalue weighted by Crippen LogP contribution is 2.20. The average molecular weight is 178 g/mol. The summed E-state index contributed by atoms with van der Waals surface area (Å²) in [6, 6.07) is 9.33. The molecule has 70 valence electrons. The number of benzene rings is 1. The molecule has 0 amide bonds. The molecule has 13 heavy (non-hydrogen) atoms. The van der Waals surface area contributed by atoms with Gasteiger partial charge in [-0.1, -0.05) is 36.9 Å². The van der Waals surface area contributed by atoms with E-state index in [1.165, 1.54) is 0 Å². The molecule has 2 heteroatoms. The van der Waals surface area contributed by atoms with Crippen LogP contribution in [0.25, 0.3) is 0 Å². The minimum atomic E-state index is -0.721. The Morgan fingerprint density at radius 3 is 2.62 bits per heavy atom. The third-order valence-corrected chi connectivity index (χ3v) is 1.75. The Balaban J connectivity index is 2.68. The number of rotatable bonds is 4. The van der Waals surface area contributed by atoms with Gasteiger partial charge in [-0.15, -0.1) is 0 Å². The van der Waals surface area contributed by atoms with Gasteiger partial charge in [0.05, 0.1) is 6.61 Å². The quantitative estimate of drug-likeness (QED) is 0.717. The van der Waals surface area contributed by atoms with Gasteiger partial charge in [0.2, 0.25) is 0 Å². The zero-order valence-corrected chi connectivity index (χ0v) is 7.73. The smallest absolute Gasteiger partial charge is 0.135 e. The summed E-state index contributed by atoms with van der Waals surface area (Å²) in [5.74, 6) is 0.397. The first-order chi connectivity index (χ1) is 6.25. The number of ether oxygens (including phenoxy) is 1. The van der Waals surface area contributed by atoms with Crippen molar-refractivity contribution in [3.63, 3.8) is 0 Å². The molecule has 0 unspecified atom stereocenters. The van der Waals surface area contributed by atoms with E-state index in [1.54, 1.807) is 0 Å². The maximum absolute atomic E-state index is 9.70. The minimum absolute atomic E-state index is 0.397. The number of aliphatic hydroxyl groups excluding tert-OH is 1. The van der Waals surface area contributed by atoms with E-state index in [0.29, 0.717) is 12.4 Å². The Morgan fingerprint density at radius 1 is 1.46 bits per heavy atom. The monoisotopic (exact) mass is 178 g/mol. The average Bonchev–Trinajstić information content (AvgIpc) is 2.18. The maximum Gasteiger partial charge on any atom is 0.135 e. The predicted molar refractivity (Wildman–Crippen MR) is 52.2 cm³/mol. The van der Waals surface area contributed by atoms with Gasteiger partial charge in [0.25, 0.3) is 0 Å². The van der Waals surface area contributed by atoms with Crippen LogP contribution in [0.15, 0.2) is 42.7 Å². The summed E-state index contributed by atoms with van der Waals surface area (Å²) in [5, 5.41) is 9.70. The molecular weight excluding hydrogens is 164 g/mol. The van der Waals surface area contributed by atoms with Crippen LogP contribution in [0.2, 0.25) is 0 Å². The number of hydrogen-bond donors (Lipinski definition) is 1. The summed E-state index contributed by atoms with van der Waals surface area (Å²) < 4.78 is 5.11. The Labute approximate surface area is 78.5 Å². The Kier molecular flexibility index (Phi) is 3.53. The lowest BCUT2D eigenvalue weighted by Crippen LogP contribution is -2.03. The fourth-order valence-corrected chi connectivity index (χ4v) is 1.09. The van der Waals surface area contributed by atoms with E-state index in [2.05, 4.69) is 6.58 Å².